The first-order chi connectivity index (χ1) is 6.92. The predicted octanol–water partition coefficient (Wildman–Crippen LogP) is 1.45. The Morgan fingerprint density at radius 2 is 1.56 bits per heavy atom. The van der Waals surface area contributed by atoms with Gasteiger partial charge in [0.1, 0.15) is 0 Å². The van der Waals surface area contributed by atoms with Crippen LogP contribution in [0.25, 0.3) is 0 Å². The fourth-order valence-electron chi connectivity index (χ4n) is 1.36. The van der Waals surface area contributed by atoms with Gasteiger partial charge >= 0.3 is 48.9 Å². The van der Waals surface area contributed by atoms with Crippen molar-refractivity contribution in [2.24, 2.45) is 5.92 Å². The van der Waals surface area contributed by atoms with E-state index in [9.17, 15) is 14.4 Å². The van der Waals surface area contributed by atoms with E-state index < -0.39 is 7.82 Å². The molecule has 0 unspecified atom stereocenters. The summed E-state index contributed by atoms with van der Waals surface area (Å²) in [5.74, 6) is 0.750. The molecule has 0 amide bonds. The van der Waals surface area contributed by atoms with Gasteiger partial charge in [-0.15, -0.1) is 0 Å². The standard InChI is InChI=1S/C10H23O4P.Ba/c1-10(2)8-6-4-3-5-7-9-14-15(11,12)13;/h10H,3-9H2,1-2H3,(H2,11,12,13);/q;+2/p-2. The predicted molar refractivity (Wildman–Crippen MR) is 61.9 cm³/mol. The molecule has 0 atom stereocenters. The molecule has 0 aromatic rings. The van der Waals surface area contributed by atoms with Crippen LogP contribution in [0.2, 0.25) is 0 Å². The van der Waals surface area contributed by atoms with Gasteiger partial charge in [0.05, 0.1) is 14.4 Å². The fraction of sp³-hybridized carbons (Fsp3) is 1.00. The van der Waals surface area contributed by atoms with Crippen LogP contribution in [0.5, 0.6) is 0 Å². The minimum absolute atomic E-state index is 0. The molecule has 0 spiro atoms. The largest absolute Gasteiger partial charge is 2.00 e. The normalized spacial score (nSPS) is 11.6. The molecule has 0 aliphatic rings. The summed E-state index contributed by atoms with van der Waals surface area (Å²) in [5, 5.41) is 0. The zero-order valence-corrected chi connectivity index (χ0v) is 15.6. The Hall–Kier alpha value is 1.68. The first-order valence-electron chi connectivity index (χ1n) is 5.58. The number of hydrogen-bond donors (Lipinski definition) is 0. The summed E-state index contributed by atoms with van der Waals surface area (Å²) in [6, 6.07) is 0. The second-order valence-electron chi connectivity index (χ2n) is 4.23. The Balaban J connectivity index is 0. The van der Waals surface area contributed by atoms with Gasteiger partial charge in [-0.25, -0.2) is 0 Å². The van der Waals surface area contributed by atoms with Gasteiger partial charge in [0.25, 0.3) is 0 Å². The van der Waals surface area contributed by atoms with Crippen LogP contribution in [0.1, 0.15) is 52.4 Å². The van der Waals surface area contributed by atoms with E-state index in [1.807, 2.05) is 0 Å². The summed E-state index contributed by atoms with van der Waals surface area (Å²) < 4.78 is 14.2. The van der Waals surface area contributed by atoms with Crippen molar-refractivity contribution in [1.29, 1.82) is 0 Å². The summed E-state index contributed by atoms with van der Waals surface area (Å²) in [4.78, 5) is 20.2. The van der Waals surface area contributed by atoms with Crippen molar-refractivity contribution in [2.75, 3.05) is 6.61 Å². The molecule has 0 fully saturated rings. The molecule has 0 bridgehead atoms. The zero-order chi connectivity index (χ0) is 11.7. The third kappa shape index (κ3) is 18.1. The van der Waals surface area contributed by atoms with Crippen LogP contribution in [0, 0.1) is 5.92 Å². The van der Waals surface area contributed by atoms with E-state index in [-0.39, 0.29) is 55.5 Å². The zero-order valence-electron chi connectivity index (χ0n) is 10.3. The molecule has 0 N–H and O–H groups in total. The number of phosphoric ester groups is 1. The van der Waals surface area contributed by atoms with Crippen molar-refractivity contribution >= 4 is 56.7 Å². The molecule has 0 aromatic heterocycles. The summed E-state index contributed by atoms with van der Waals surface area (Å²) in [5.41, 5.74) is 0. The van der Waals surface area contributed by atoms with Gasteiger partial charge in [0.2, 0.25) is 0 Å². The molecular weight excluding hydrogens is 352 g/mol. The quantitative estimate of drug-likeness (QED) is 0.348. The van der Waals surface area contributed by atoms with Gasteiger partial charge in [-0.1, -0.05) is 46.0 Å². The number of rotatable bonds is 9. The second-order valence-corrected chi connectivity index (χ2v) is 5.38. The van der Waals surface area contributed by atoms with Crippen molar-refractivity contribution in [3.05, 3.63) is 0 Å². The summed E-state index contributed by atoms with van der Waals surface area (Å²) in [7, 11) is -4.74. The van der Waals surface area contributed by atoms with Crippen LogP contribution in [-0.2, 0) is 9.09 Å². The van der Waals surface area contributed by atoms with Gasteiger partial charge in [-0.3, -0.25) is 0 Å². The molecule has 92 valence electrons. The molecule has 0 aliphatic heterocycles. The van der Waals surface area contributed by atoms with Gasteiger partial charge in [-0.05, 0) is 12.3 Å². The van der Waals surface area contributed by atoms with E-state index in [1.165, 1.54) is 19.3 Å². The summed E-state index contributed by atoms with van der Waals surface area (Å²) in [6.45, 7) is 4.44. The second kappa shape index (κ2) is 11.8. The van der Waals surface area contributed by atoms with E-state index in [0.717, 1.165) is 18.8 Å². The molecule has 0 aromatic carbocycles. The SMILES string of the molecule is CC(C)CCCCCCCOP(=O)([O-])[O-].[Ba+2]. The maximum absolute atomic E-state index is 10.1. The van der Waals surface area contributed by atoms with Crippen LogP contribution in [0.3, 0.4) is 0 Å². The molecule has 0 aliphatic carbocycles. The van der Waals surface area contributed by atoms with Crippen LogP contribution < -0.4 is 9.79 Å². The first-order valence-corrected chi connectivity index (χ1v) is 7.04. The maximum Gasteiger partial charge on any atom is 2.00 e. The average molecular weight is 374 g/mol. The van der Waals surface area contributed by atoms with E-state index in [0.29, 0.717) is 6.42 Å². The fourth-order valence-corrected chi connectivity index (χ4v) is 1.71. The Bertz CT molecular complexity index is 193. The third-order valence-corrected chi connectivity index (χ3v) is 2.67. The van der Waals surface area contributed by atoms with E-state index >= 15 is 0 Å². The van der Waals surface area contributed by atoms with Crippen molar-refractivity contribution in [2.45, 2.75) is 52.4 Å². The minimum Gasteiger partial charge on any atom is -0.790 e. The Morgan fingerprint density at radius 3 is 2.06 bits per heavy atom. The average Bonchev–Trinajstić information content (AvgIpc) is 2.07. The number of unbranched alkanes of at least 4 members (excludes halogenated alkanes) is 4. The first kappa shape index (κ1) is 20.0. The van der Waals surface area contributed by atoms with Crippen LogP contribution in [0.15, 0.2) is 0 Å². The topological polar surface area (TPSA) is 72.4 Å². The van der Waals surface area contributed by atoms with Crippen molar-refractivity contribution in [3.8, 4) is 0 Å². The third-order valence-electron chi connectivity index (χ3n) is 2.18. The Morgan fingerprint density at radius 1 is 1.06 bits per heavy atom. The van der Waals surface area contributed by atoms with E-state index in [1.54, 1.807) is 0 Å². The summed E-state index contributed by atoms with van der Waals surface area (Å²) >= 11 is 0. The number of hydrogen-bond acceptors (Lipinski definition) is 4. The maximum atomic E-state index is 10.1. The van der Waals surface area contributed by atoms with Crippen LogP contribution in [-0.4, -0.2) is 55.5 Å². The van der Waals surface area contributed by atoms with Gasteiger partial charge in [0, 0.05) is 0 Å². The Kier molecular flexibility index (Phi) is 14.7. The van der Waals surface area contributed by atoms with Crippen LogP contribution in [0.4, 0.5) is 0 Å². The minimum atomic E-state index is -4.74. The molecule has 0 radical (unpaired) electrons. The molecule has 0 saturated carbocycles. The van der Waals surface area contributed by atoms with Gasteiger partial charge < -0.3 is 18.9 Å². The van der Waals surface area contributed by atoms with Crippen molar-refractivity contribution < 1.29 is 18.9 Å². The molecule has 0 rings (SSSR count). The van der Waals surface area contributed by atoms with Crippen molar-refractivity contribution in [3.63, 3.8) is 0 Å². The molecular formula is C10H21BaO4P. The molecule has 0 saturated heterocycles. The molecule has 0 heterocycles. The Labute approximate surface area is 139 Å². The smallest absolute Gasteiger partial charge is 0.790 e. The molecule has 6 heteroatoms. The monoisotopic (exact) mass is 374 g/mol. The van der Waals surface area contributed by atoms with E-state index in [4.69, 9.17) is 0 Å². The molecule has 16 heavy (non-hydrogen) atoms. The van der Waals surface area contributed by atoms with Gasteiger partial charge in [-0.2, -0.15) is 0 Å². The van der Waals surface area contributed by atoms with E-state index in [2.05, 4.69) is 18.4 Å². The molecule has 4 nitrogen and oxygen atoms in total. The van der Waals surface area contributed by atoms with Crippen molar-refractivity contribution in [1.82, 2.24) is 0 Å². The summed E-state index contributed by atoms with van der Waals surface area (Å²) in [6.07, 6.45) is 6.30. The van der Waals surface area contributed by atoms with Gasteiger partial charge in [0.15, 0.2) is 0 Å². The number of phosphoric acid groups is 1. The van der Waals surface area contributed by atoms with Crippen LogP contribution >= 0.6 is 7.82 Å².